The molecule has 0 radical (unpaired) electrons. The summed E-state index contributed by atoms with van der Waals surface area (Å²) >= 11 is 0. The average molecular weight is 751 g/mol. The molecule has 54 heavy (non-hydrogen) atoms. The lowest BCUT2D eigenvalue weighted by Crippen LogP contribution is -2.61. The fourth-order valence-corrected chi connectivity index (χ4v) is 9.19. The minimum atomic E-state index is -4.61. The van der Waals surface area contributed by atoms with Crippen LogP contribution in [-0.2, 0) is 4.79 Å². The number of hydrogen-bond donors (Lipinski definition) is 1. The van der Waals surface area contributed by atoms with Crippen LogP contribution >= 0.6 is 0 Å². The number of alkyl halides is 5. The molecule has 15 heteroatoms. The predicted octanol–water partition coefficient (Wildman–Crippen LogP) is 6.83. The largest absolute Gasteiger partial charge is 0.481 e. The number of ether oxygens (including phenoxy) is 1. The van der Waals surface area contributed by atoms with Crippen LogP contribution in [0.4, 0.5) is 33.7 Å². The monoisotopic (exact) mass is 750 g/mol. The number of amides is 1. The first-order chi connectivity index (χ1) is 25.8. The van der Waals surface area contributed by atoms with Crippen LogP contribution in [0, 0.1) is 12.3 Å². The highest BCUT2D eigenvalue weighted by molar-refractivity contribution is 6.06. The normalized spacial score (nSPS) is 22.8. The highest BCUT2D eigenvalue weighted by Gasteiger charge is 2.47. The third-order valence-electron chi connectivity index (χ3n) is 12.2. The SMILES string of the molecule is C=CC(=O)N1CC2(CCN(c3nc(N4CC[C@H](N5CCC(F)(F)C5)C4)nc4c(OCC(F)(F)F)c(-c5c(C)ccc6[nH]ncc56)c(C5CC5)cc34)CC2)C1. The molecular weight excluding hydrogens is 707 g/mol. The number of nitrogens with zero attached hydrogens (tertiary/aromatic N) is 7. The van der Waals surface area contributed by atoms with Gasteiger partial charge in [0.2, 0.25) is 11.9 Å². The summed E-state index contributed by atoms with van der Waals surface area (Å²) in [6.45, 7) is 7.63. The van der Waals surface area contributed by atoms with Crippen molar-refractivity contribution in [2.45, 2.75) is 69.5 Å². The van der Waals surface area contributed by atoms with Crippen LogP contribution in [0.25, 0.3) is 32.9 Å². The Hall–Kier alpha value is -4.53. The van der Waals surface area contributed by atoms with Crippen LogP contribution in [0.2, 0.25) is 0 Å². The van der Waals surface area contributed by atoms with Crippen LogP contribution in [-0.4, -0.2) is 113 Å². The molecule has 1 amide bonds. The van der Waals surface area contributed by atoms with Crippen molar-refractivity contribution in [2.75, 3.05) is 68.8 Å². The smallest absolute Gasteiger partial charge is 0.422 e. The molecule has 1 spiro atoms. The van der Waals surface area contributed by atoms with E-state index in [-0.39, 0.29) is 42.0 Å². The topological polar surface area (TPSA) is 93.7 Å². The Morgan fingerprint density at radius 2 is 1.78 bits per heavy atom. The third kappa shape index (κ3) is 6.31. The van der Waals surface area contributed by atoms with E-state index in [0.29, 0.717) is 80.5 Å². The number of fused-ring (bicyclic) bond motifs is 2. The molecule has 1 N–H and O–H groups in total. The summed E-state index contributed by atoms with van der Waals surface area (Å²) in [5.41, 5.74) is 4.15. The standard InChI is InChI=1S/C39H43F5N8O2/c1-3-30(53)52-19-37(20-52)9-13-49(14-10-37)35-27-16-26(24-5-6-24)32(31-23(2)4-7-29-28(31)17-45-48-29)34(54-22-39(42,43)44)33(27)46-36(47-35)50-12-8-25(18-50)51-15-11-38(40,41)21-51/h3-4,7,16-17,24-25H,1,5-6,8-15,18-22H2,2H3,(H,45,48)/t25-/m0/s1. The highest BCUT2D eigenvalue weighted by Crippen LogP contribution is 2.53. The number of aromatic amines is 1. The quantitative estimate of drug-likeness (QED) is 0.155. The van der Waals surface area contributed by atoms with E-state index < -0.39 is 18.7 Å². The number of hydrogen-bond acceptors (Lipinski definition) is 8. The van der Waals surface area contributed by atoms with Gasteiger partial charge in [-0.3, -0.25) is 14.8 Å². The van der Waals surface area contributed by atoms with Crippen LogP contribution in [0.15, 0.2) is 37.1 Å². The molecule has 9 rings (SSSR count). The highest BCUT2D eigenvalue weighted by atomic mass is 19.4. The van der Waals surface area contributed by atoms with Gasteiger partial charge in [0.15, 0.2) is 12.4 Å². The van der Waals surface area contributed by atoms with E-state index in [1.165, 1.54) is 6.08 Å². The van der Waals surface area contributed by atoms with Crippen molar-refractivity contribution >= 4 is 39.5 Å². The van der Waals surface area contributed by atoms with Gasteiger partial charge in [-0.05, 0) is 79.8 Å². The molecule has 0 unspecified atom stereocenters. The summed E-state index contributed by atoms with van der Waals surface area (Å²) in [5, 5.41) is 8.68. The molecule has 4 saturated heterocycles. The zero-order valence-corrected chi connectivity index (χ0v) is 30.2. The first-order valence-corrected chi connectivity index (χ1v) is 18.8. The van der Waals surface area contributed by atoms with Crippen LogP contribution < -0.4 is 14.5 Å². The molecule has 286 valence electrons. The predicted molar refractivity (Wildman–Crippen MR) is 195 cm³/mol. The molecule has 2 aromatic carbocycles. The van der Waals surface area contributed by atoms with Gasteiger partial charge in [-0.15, -0.1) is 0 Å². The Labute approximate surface area is 309 Å². The molecule has 6 heterocycles. The molecular formula is C39H43F5N8O2. The lowest BCUT2D eigenvalue weighted by Gasteiger charge is -2.54. The number of aromatic nitrogens is 4. The van der Waals surface area contributed by atoms with Crippen molar-refractivity contribution in [1.29, 1.82) is 0 Å². The number of nitrogens with one attached hydrogen (secondary N) is 1. The number of likely N-dealkylation sites (tertiary alicyclic amines) is 2. The lowest BCUT2D eigenvalue weighted by atomic mass is 9.72. The van der Waals surface area contributed by atoms with Crippen molar-refractivity contribution in [3.05, 3.63) is 48.2 Å². The number of halogens is 5. The maximum atomic E-state index is 14.2. The van der Waals surface area contributed by atoms with Crippen molar-refractivity contribution in [2.24, 2.45) is 5.41 Å². The van der Waals surface area contributed by atoms with Gasteiger partial charge in [0.05, 0.1) is 18.3 Å². The van der Waals surface area contributed by atoms with Crippen LogP contribution in [0.3, 0.4) is 0 Å². The first-order valence-electron chi connectivity index (χ1n) is 18.8. The number of benzene rings is 2. The van der Waals surface area contributed by atoms with Crippen molar-refractivity contribution in [3.63, 3.8) is 0 Å². The second-order valence-corrected chi connectivity index (χ2v) is 16.0. The molecule has 4 aliphatic heterocycles. The number of H-pyrrole nitrogens is 1. The molecule has 5 aliphatic rings. The van der Waals surface area contributed by atoms with Gasteiger partial charge in [-0.2, -0.15) is 23.3 Å². The molecule has 1 saturated carbocycles. The molecule has 10 nitrogen and oxygen atoms in total. The summed E-state index contributed by atoms with van der Waals surface area (Å²) in [6, 6.07) is 5.79. The second kappa shape index (κ2) is 12.8. The molecule has 4 aromatic rings. The summed E-state index contributed by atoms with van der Waals surface area (Å²) in [5.74, 6) is -1.64. The van der Waals surface area contributed by atoms with Crippen molar-refractivity contribution in [3.8, 4) is 16.9 Å². The van der Waals surface area contributed by atoms with Gasteiger partial charge in [-0.1, -0.05) is 12.6 Å². The van der Waals surface area contributed by atoms with E-state index in [9.17, 15) is 26.7 Å². The van der Waals surface area contributed by atoms with Gasteiger partial charge >= 0.3 is 6.18 Å². The fraction of sp³-hybridized carbons (Fsp3) is 0.538. The number of aryl methyl sites for hydroxylation is 1. The Kier molecular flexibility index (Phi) is 8.32. The number of rotatable bonds is 8. The second-order valence-electron chi connectivity index (χ2n) is 16.0. The zero-order chi connectivity index (χ0) is 37.6. The number of piperidine rings is 1. The molecule has 1 atom stereocenters. The summed E-state index contributed by atoms with van der Waals surface area (Å²) in [6.07, 6.45) is 2.31. The maximum absolute atomic E-state index is 14.2. The average Bonchev–Trinajstić information content (AvgIpc) is 3.47. The Balaban J connectivity index is 1.19. The van der Waals surface area contributed by atoms with Gasteiger partial charge in [-0.25, -0.2) is 13.8 Å². The minimum Gasteiger partial charge on any atom is -0.481 e. The molecule has 1 aliphatic carbocycles. The summed E-state index contributed by atoms with van der Waals surface area (Å²) in [4.78, 5) is 30.3. The lowest BCUT2D eigenvalue weighted by molar-refractivity contribution is -0.153. The minimum absolute atomic E-state index is 0.00504. The van der Waals surface area contributed by atoms with Crippen molar-refractivity contribution < 1.29 is 31.5 Å². The Morgan fingerprint density at radius 3 is 2.46 bits per heavy atom. The van der Waals surface area contributed by atoms with E-state index in [0.717, 1.165) is 53.3 Å². The van der Waals surface area contributed by atoms with Gasteiger partial charge < -0.3 is 19.4 Å². The van der Waals surface area contributed by atoms with Gasteiger partial charge in [0.1, 0.15) is 11.3 Å². The van der Waals surface area contributed by atoms with E-state index in [1.54, 1.807) is 11.1 Å². The fourth-order valence-electron chi connectivity index (χ4n) is 9.19. The number of carbonyl (C=O) groups is 1. The summed E-state index contributed by atoms with van der Waals surface area (Å²) < 4.78 is 76.7. The maximum Gasteiger partial charge on any atom is 0.422 e. The molecule has 0 bridgehead atoms. The van der Waals surface area contributed by atoms with E-state index in [1.807, 2.05) is 28.9 Å². The van der Waals surface area contributed by atoms with E-state index in [2.05, 4.69) is 27.7 Å². The van der Waals surface area contributed by atoms with Crippen molar-refractivity contribution in [1.82, 2.24) is 30.0 Å². The van der Waals surface area contributed by atoms with E-state index >= 15 is 0 Å². The number of anilines is 2. The van der Waals surface area contributed by atoms with Gasteiger partial charge in [0.25, 0.3) is 5.92 Å². The number of carbonyl (C=O) groups excluding carboxylic acids is 1. The Bertz CT molecular complexity index is 2130. The Morgan fingerprint density at radius 1 is 1.00 bits per heavy atom. The first kappa shape index (κ1) is 35.2. The third-order valence-corrected chi connectivity index (χ3v) is 12.2. The van der Waals surface area contributed by atoms with Crippen LogP contribution in [0.1, 0.15) is 55.6 Å². The van der Waals surface area contributed by atoms with Crippen LogP contribution in [0.5, 0.6) is 5.75 Å². The summed E-state index contributed by atoms with van der Waals surface area (Å²) in [7, 11) is 0. The molecule has 2 aromatic heterocycles. The van der Waals surface area contributed by atoms with Gasteiger partial charge in [0, 0.05) is 80.0 Å². The van der Waals surface area contributed by atoms with E-state index in [4.69, 9.17) is 14.7 Å². The zero-order valence-electron chi connectivity index (χ0n) is 30.2. The molecule has 5 fully saturated rings.